The van der Waals surface area contributed by atoms with E-state index < -0.39 is 6.10 Å². The predicted octanol–water partition coefficient (Wildman–Crippen LogP) is 2.96. The lowest BCUT2D eigenvalue weighted by Crippen LogP contribution is -2.36. The van der Waals surface area contributed by atoms with Crippen LogP contribution in [0.15, 0.2) is 35.4 Å². The lowest BCUT2D eigenvalue weighted by molar-refractivity contribution is -0.127. The number of hydrogen-bond donors (Lipinski definition) is 2. The highest BCUT2D eigenvalue weighted by atomic mass is 32.2. The molecule has 1 amide bonds. The van der Waals surface area contributed by atoms with Crippen LogP contribution in [0, 0.1) is 6.92 Å². The Morgan fingerprint density at radius 3 is 2.74 bits per heavy atom. The number of aromatic amines is 1. The van der Waals surface area contributed by atoms with Gasteiger partial charge in [-0.05, 0) is 62.8 Å². The van der Waals surface area contributed by atoms with Crippen molar-refractivity contribution in [2.45, 2.75) is 37.7 Å². The fourth-order valence-electron chi connectivity index (χ4n) is 2.17. The summed E-state index contributed by atoms with van der Waals surface area (Å²) in [6.07, 6.45) is 5.12. The molecule has 2 aromatic rings. The van der Waals surface area contributed by atoms with E-state index in [2.05, 4.69) is 15.5 Å². The third-order valence-corrected chi connectivity index (χ3v) is 4.34. The quantitative estimate of drug-likeness (QED) is 0.576. The Kier molecular flexibility index (Phi) is 6.52. The van der Waals surface area contributed by atoms with Gasteiger partial charge in [0, 0.05) is 17.1 Å². The minimum atomic E-state index is -0.509. The van der Waals surface area contributed by atoms with Crippen LogP contribution in [0.2, 0.25) is 0 Å². The van der Waals surface area contributed by atoms with Crippen LogP contribution in [0.1, 0.15) is 24.6 Å². The van der Waals surface area contributed by atoms with Crippen molar-refractivity contribution in [1.29, 1.82) is 0 Å². The van der Waals surface area contributed by atoms with E-state index in [1.165, 1.54) is 10.5 Å². The molecule has 0 aliphatic rings. The van der Waals surface area contributed by atoms with E-state index in [-0.39, 0.29) is 5.91 Å². The number of thioether (sulfide) groups is 1. The average Bonchev–Trinajstić information content (AvgIpc) is 2.97. The molecular formula is C17H23N3O2S. The predicted molar refractivity (Wildman–Crippen MR) is 93.0 cm³/mol. The first-order chi connectivity index (χ1) is 11.1. The third kappa shape index (κ3) is 5.32. The molecule has 0 radical (unpaired) electrons. The lowest BCUT2D eigenvalue weighted by Gasteiger charge is -2.15. The van der Waals surface area contributed by atoms with E-state index in [1.807, 2.05) is 43.6 Å². The molecule has 1 atom stereocenters. The Morgan fingerprint density at radius 1 is 1.39 bits per heavy atom. The van der Waals surface area contributed by atoms with Gasteiger partial charge in [0.05, 0.1) is 6.20 Å². The van der Waals surface area contributed by atoms with Crippen molar-refractivity contribution in [3.05, 3.63) is 41.7 Å². The average molecular weight is 333 g/mol. The Balaban J connectivity index is 1.70. The second-order valence-electron chi connectivity index (χ2n) is 5.35. The molecule has 0 saturated heterocycles. The van der Waals surface area contributed by atoms with Crippen LogP contribution in [0.3, 0.4) is 0 Å². The van der Waals surface area contributed by atoms with Crippen molar-refractivity contribution in [2.75, 3.05) is 12.8 Å². The highest BCUT2D eigenvalue weighted by molar-refractivity contribution is 7.98. The summed E-state index contributed by atoms with van der Waals surface area (Å²) >= 11 is 1.67. The SMILES string of the molecule is CSc1ccc(OC(C)C(=O)NCCCc2cn[nH]c2C)cc1. The maximum atomic E-state index is 12.0. The zero-order valence-corrected chi connectivity index (χ0v) is 14.6. The first-order valence-electron chi connectivity index (χ1n) is 7.67. The van der Waals surface area contributed by atoms with E-state index in [4.69, 9.17) is 4.74 Å². The standard InChI is InChI=1S/C17H23N3O2S/c1-12-14(11-19-20-12)5-4-10-18-17(21)13(2)22-15-6-8-16(23-3)9-7-15/h6-9,11,13H,4-5,10H2,1-3H3,(H,18,21)(H,19,20). The number of carbonyl (C=O) groups is 1. The molecule has 1 heterocycles. The molecule has 0 spiro atoms. The number of aryl methyl sites for hydroxylation is 2. The topological polar surface area (TPSA) is 67.0 Å². The molecule has 2 N–H and O–H groups in total. The fraction of sp³-hybridized carbons (Fsp3) is 0.412. The minimum Gasteiger partial charge on any atom is -0.481 e. The Bertz CT molecular complexity index is 625. The maximum Gasteiger partial charge on any atom is 0.260 e. The smallest absolute Gasteiger partial charge is 0.260 e. The number of H-pyrrole nitrogens is 1. The van der Waals surface area contributed by atoms with E-state index >= 15 is 0 Å². The van der Waals surface area contributed by atoms with E-state index in [9.17, 15) is 4.79 Å². The van der Waals surface area contributed by atoms with Gasteiger partial charge in [-0.1, -0.05) is 0 Å². The molecule has 1 unspecified atom stereocenters. The molecule has 0 saturated carbocycles. The molecular weight excluding hydrogens is 310 g/mol. The van der Waals surface area contributed by atoms with Gasteiger partial charge in [0.1, 0.15) is 5.75 Å². The Hall–Kier alpha value is -1.95. The monoisotopic (exact) mass is 333 g/mol. The van der Waals surface area contributed by atoms with Crippen LogP contribution in [0.5, 0.6) is 5.75 Å². The van der Waals surface area contributed by atoms with E-state index in [0.29, 0.717) is 12.3 Å². The number of carbonyl (C=O) groups excluding carboxylic acids is 1. The molecule has 0 aliphatic heterocycles. The van der Waals surface area contributed by atoms with Gasteiger partial charge in [-0.15, -0.1) is 11.8 Å². The first kappa shape index (κ1) is 17.4. The summed E-state index contributed by atoms with van der Waals surface area (Å²) < 4.78 is 5.66. The number of hydrogen-bond acceptors (Lipinski definition) is 4. The van der Waals surface area contributed by atoms with Gasteiger partial charge in [0.2, 0.25) is 0 Å². The second-order valence-corrected chi connectivity index (χ2v) is 6.23. The molecule has 6 heteroatoms. The lowest BCUT2D eigenvalue weighted by atomic mass is 10.1. The number of benzene rings is 1. The largest absolute Gasteiger partial charge is 0.481 e. The van der Waals surface area contributed by atoms with Crippen molar-refractivity contribution in [3.8, 4) is 5.75 Å². The van der Waals surface area contributed by atoms with Crippen LogP contribution in [0.25, 0.3) is 0 Å². The van der Waals surface area contributed by atoms with Gasteiger partial charge >= 0.3 is 0 Å². The van der Waals surface area contributed by atoms with Crippen LogP contribution >= 0.6 is 11.8 Å². The third-order valence-electron chi connectivity index (χ3n) is 3.60. The van der Waals surface area contributed by atoms with E-state index in [0.717, 1.165) is 18.5 Å². The summed E-state index contributed by atoms with van der Waals surface area (Å²) in [6.45, 7) is 4.39. The Morgan fingerprint density at radius 2 is 2.13 bits per heavy atom. The van der Waals surface area contributed by atoms with Gasteiger partial charge in [0.15, 0.2) is 6.10 Å². The molecule has 5 nitrogen and oxygen atoms in total. The molecule has 1 aromatic heterocycles. The molecule has 2 rings (SSSR count). The van der Waals surface area contributed by atoms with Gasteiger partial charge < -0.3 is 10.1 Å². The molecule has 0 fully saturated rings. The number of rotatable bonds is 8. The fourth-order valence-corrected chi connectivity index (χ4v) is 2.58. The van der Waals surface area contributed by atoms with Gasteiger partial charge in [-0.3, -0.25) is 9.89 Å². The summed E-state index contributed by atoms with van der Waals surface area (Å²) in [5.41, 5.74) is 2.28. The molecule has 0 bridgehead atoms. The summed E-state index contributed by atoms with van der Waals surface area (Å²) in [6, 6.07) is 7.74. The second kappa shape index (κ2) is 8.62. The van der Waals surface area contributed by atoms with Crippen LogP contribution in [0.4, 0.5) is 0 Å². The molecule has 0 aliphatic carbocycles. The van der Waals surface area contributed by atoms with Crippen LogP contribution in [-0.2, 0) is 11.2 Å². The van der Waals surface area contributed by atoms with Crippen molar-refractivity contribution >= 4 is 17.7 Å². The van der Waals surface area contributed by atoms with Crippen molar-refractivity contribution in [3.63, 3.8) is 0 Å². The Labute approximate surface area is 141 Å². The van der Waals surface area contributed by atoms with Crippen LogP contribution < -0.4 is 10.1 Å². The van der Waals surface area contributed by atoms with Crippen molar-refractivity contribution in [1.82, 2.24) is 15.5 Å². The molecule has 23 heavy (non-hydrogen) atoms. The summed E-state index contributed by atoms with van der Waals surface area (Å²) in [4.78, 5) is 13.2. The molecule has 1 aromatic carbocycles. The minimum absolute atomic E-state index is 0.0946. The van der Waals surface area contributed by atoms with E-state index in [1.54, 1.807) is 18.7 Å². The van der Waals surface area contributed by atoms with Gasteiger partial charge in [-0.25, -0.2) is 0 Å². The number of amides is 1. The number of aromatic nitrogens is 2. The van der Waals surface area contributed by atoms with Crippen molar-refractivity contribution in [2.24, 2.45) is 0 Å². The zero-order chi connectivity index (χ0) is 16.7. The summed E-state index contributed by atoms with van der Waals surface area (Å²) in [5.74, 6) is 0.613. The first-order valence-corrected chi connectivity index (χ1v) is 8.90. The van der Waals surface area contributed by atoms with Crippen molar-refractivity contribution < 1.29 is 9.53 Å². The number of ether oxygens (including phenoxy) is 1. The summed E-state index contributed by atoms with van der Waals surface area (Å²) in [7, 11) is 0. The summed E-state index contributed by atoms with van der Waals surface area (Å²) in [5, 5.41) is 9.81. The normalized spacial score (nSPS) is 12.0. The zero-order valence-electron chi connectivity index (χ0n) is 13.8. The molecule has 124 valence electrons. The number of nitrogens with one attached hydrogen (secondary N) is 2. The van der Waals surface area contributed by atoms with Crippen LogP contribution in [-0.4, -0.2) is 35.0 Å². The van der Waals surface area contributed by atoms with Gasteiger partial charge in [-0.2, -0.15) is 5.10 Å². The highest BCUT2D eigenvalue weighted by Gasteiger charge is 2.14. The van der Waals surface area contributed by atoms with Gasteiger partial charge in [0.25, 0.3) is 5.91 Å². The maximum absolute atomic E-state index is 12.0. The number of nitrogens with zero attached hydrogens (tertiary/aromatic N) is 1. The highest BCUT2D eigenvalue weighted by Crippen LogP contribution is 2.19.